The number of aliphatic hydroxyl groups excluding tert-OH is 1. The van der Waals surface area contributed by atoms with E-state index in [0.717, 1.165) is 25.7 Å². The second-order valence-electron chi connectivity index (χ2n) is 9.36. The molecule has 2 saturated heterocycles. The number of ether oxygens (including phenoxy) is 2. The lowest BCUT2D eigenvalue weighted by Gasteiger charge is -2.69. The van der Waals surface area contributed by atoms with Gasteiger partial charge in [0.1, 0.15) is 6.10 Å². The summed E-state index contributed by atoms with van der Waals surface area (Å²) in [6.07, 6.45) is 5.40. The summed E-state index contributed by atoms with van der Waals surface area (Å²) in [6.45, 7) is 1.21. The monoisotopic (exact) mass is 337 g/mol. The quantitative estimate of drug-likeness (QED) is 0.665. The van der Waals surface area contributed by atoms with Crippen LogP contribution in [-0.4, -0.2) is 55.9 Å². The summed E-state index contributed by atoms with van der Waals surface area (Å²) in [6, 6.07) is 0.694. The molecule has 2 aliphatic heterocycles. The number of likely N-dealkylation sites (tertiary alicyclic amines) is 1. The number of rotatable bonds is 1. The molecule has 7 unspecified atom stereocenters. The van der Waals surface area contributed by atoms with E-state index in [1.54, 1.807) is 12.0 Å². The normalized spacial score (nSPS) is 62.0. The summed E-state index contributed by atoms with van der Waals surface area (Å²) in [5, 5.41) is 23.6. The fraction of sp³-hybridized carbons (Fsp3) is 1.00. The summed E-state index contributed by atoms with van der Waals surface area (Å²) in [5.41, 5.74) is 0.151. The topological polar surface area (TPSA) is 66.2 Å². The maximum Gasteiger partial charge on any atom is 0.194 e. The van der Waals surface area contributed by atoms with Gasteiger partial charge in [-0.05, 0) is 42.9 Å². The fourth-order valence-electron chi connectivity index (χ4n) is 7.55. The van der Waals surface area contributed by atoms with Gasteiger partial charge in [-0.2, -0.15) is 0 Å². The maximum atomic E-state index is 13.0. The third kappa shape index (κ3) is 1.88. The van der Waals surface area contributed by atoms with E-state index in [1.807, 2.05) is 0 Å². The van der Waals surface area contributed by atoms with E-state index in [2.05, 4.69) is 7.05 Å². The minimum Gasteiger partial charge on any atom is -0.850 e. The summed E-state index contributed by atoms with van der Waals surface area (Å²) in [4.78, 5) is 1.66. The van der Waals surface area contributed by atoms with Gasteiger partial charge in [0.25, 0.3) is 0 Å². The highest BCUT2D eigenvalue weighted by molar-refractivity contribution is 5.14. The van der Waals surface area contributed by atoms with E-state index in [1.165, 1.54) is 25.8 Å². The Bertz CT molecular complexity index is 529. The van der Waals surface area contributed by atoms with Crippen LogP contribution < -0.4 is 10.0 Å². The Hall–Kier alpha value is -0.200. The molecule has 3 saturated carbocycles. The van der Waals surface area contributed by atoms with Gasteiger partial charge in [-0.25, -0.2) is 0 Å². The second-order valence-corrected chi connectivity index (χ2v) is 9.36. The van der Waals surface area contributed by atoms with E-state index in [9.17, 15) is 10.2 Å². The molecule has 5 rings (SSSR count). The molecular formula is C19H31NO4. The van der Waals surface area contributed by atoms with Gasteiger partial charge in [0.15, 0.2) is 5.79 Å². The van der Waals surface area contributed by atoms with Gasteiger partial charge in [-0.1, -0.05) is 12.5 Å². The Kier molecular flexibility index (Phi) is 3.45. The van der Waals surface area contributed by atoms with Crippen molar-refractivity contribution in [3.63, 3.8) is 0 Å². The molecule has 5 fully saturated rings. The average molecular weight is 337 g/mol. The first-order chi connectivity index (χ1) is 11.5. The second kappa shape index (κ2) is 5.17. The van der Waals surface area contributed by atoms with Crippen LogP contribution in [0.1, 0.15) is 44.9 Å². The van der Waals surface area contributed by atoms with Crippen molar-refractivity contribution in [2.24, 2.45) is 23.2 Å². The smallest absolute Gasteiger partial charge is 0.194 e. The van der Waals surface area contributed by atoms with Crippen molar-refractivity contribution in [1.82, 2.24) is 0 Å². The zero-order valence-electron chi connectivity index (χ0n) is 14.9. The lowest BCUT2D eigenvalue weighted by atomic mass is 9.45. The Morgan fingerprint density at radius 2 is 2.04 bits per heavy atom. The van der Waals surface area contributed by atoms with Gasteiger partial charge >= 0.3 is 0 Å². The lowest BCUT2D eigenvalue weighted by Crippen LogP contribution is -3.16. The summed E-state index contributed by atoms with van der Waals surface area (Å²) < 4.78 is 12.1. The van der Waals surface area contributed by atoms with E-state index in [0.29, 0.717) is 23.8 Å². The molecule has 0 amide bonds. The van der Waals surface area contributed by atoms with Crippen molar-refractivity contribution in [1.29, 1.82) is 0 Å². The van der Waals surface area contributed by atoms with Gasteiger partial charge in [-0.3, -0.25) is 0 Å². The molecule has 0 aromatic carbocycles. The first-order valence-electron chi connectivity index (χ1n) is 9.89. The number of methoxy groups -OCH3 is 1. The molecule has 5 aliphatic rings. The van der Waals surface area contributed by atoms with E-state index in [4.69, 9.17) is 9.47 Å². The van der Waals surface area contributed by atoms with Gasteiger partial charge in [0.05, 0.1) is 25.7 Å². The molecule has 2 heterocycles. The molecule has 0 aromatic rings. The lowest BCUT2D eigenvalue weighted by molar-refractivity contribution is -0.921. The number of quaternary nitrogens is 1. The average Bonchev–Trinajstić information content (AvgIpc) is 2.59. The maximum absolute atomic E-state index is 13.0. The number of fused-ring (bicyclic) bond motifs is 1. The zero-order chi connectivity index (χ0) is 16.7. The van der Waals surface area contributed by atoms with Crippen LogP contribution in [0.3, 0.4) is 0 Å². The number of piperidine rings is 1. The predicted octanol–water partition coefficient (Wildman–Crippen LogP) is -0.679. The summed E-state index contributed by atoms with van der Waals surface area (Å²) >= 11 is 0. The Balaban J connectivity index is 1.59. The number of aliphatic hydroxyl groups is 1. The van der Waals surface area contributed by atoms with Crippen LogP contribution in [0.5, 0.6) is 0 Å². The van der Waals surface area contributed by atoms with Crippen LogP contribution in [0.4, 0.5) is 0 Å². The summed E-state index contributed by atoms with van der Waals surface area (Å²) in [7, 11) is 3.98. The first kappa shape index (κ1) is 16.0. The predicted molar refractivity (Wildman–Crippen MR) is 85.2 cm³/mol. The third-order valence-corrected chi connectivity index (χ3v) is 8.58. The highest BCUT2D eigenvalue weighted by Gasteiger charge is 2.68. The van der Waals surface area contributed by atoms with Gasteiger partial charge in [0.2, 0.25) is 0 Å². The van der Waals surface area contributed by atoms with Gasteiger partial charge in [0, 0.05) is 25.9 Å². The number of hydrogen-bond donors (Lipinski definition) is 2. The van der Waals surface area contributed by atoms with Crippen LogP contribution in [0.2, 0.25) is 0 Å². The minimum absolute atomic E-state index is 0.151. The van der Waals surface area contributed by atoms with Crippen molar-refractivity contribution in [2.45, 2.75) is 75.1 Å². The molecule has 136 valence electrons. The molecule has 24 heavy (non-hydrogen) atoms. The Morgan fingerprint density at radius 3 is 2.83 bits per heavy atom. The van der Waals surface area contributed by atoms with Crippen LogP contribution in [0.25, 0.3) is 0 Å². The molecule has 1 spiro atoms. The molecule has 5 heteroatoms. The molecule has 5 nitrogen and oxygen atoms in total. The van der Waals surface area contributed by atoms with Crippen LogP contribution in [0.15, 0.2) is 0 Å². The van der Waals surface area contributed by atoms with E-state index in [-0.39, 0.29) is 11.5 Å². The van der Waals surface area contributed by atoms with Crippen molar-refractivity contribution in [2.75, 3.05) is 20.7 Å². The van der Waals surface area contributed by atoms with Crippen molar-refractivity contribution in [3.05, 3.63) is 0 Å². The number of nitrogens with one attached hydrogen (secondary N) is 1. The molecular weight excluding hydrogens is 306 g/mol. The molecule has 3 aliphatic carbocycles. The SMILES string of the molecule is CO[C@@]12C[C@]3(CCC4C5C(CC[NH+]4C)CC([O-])C(O1)C53)CC[C@@H]2O. The standard InChI is InChI=1S/C19H30NO4/c1-20-8-5-11-9-13(21)17-16-15(11)12(20)3-6-18(16)7-4-14(22)19(10-18,23-2)24-17/h11-17,22H,3-10H2,1-2H3/q-1/p+1/t11?,12?,13?,14-,15?,16?,17?,18-,19-/m0/s1. The van der Waals surface area contributed by atoms with Gasteiger partial charge in [-0.15, -0.1) is 0 Å². The highest BCUT2D eigenvalue weighted by Crippen LogP contribution is 2.64. The van der Waals surface area contributed by atoms with E-state index >= 15 is 0 Å². The van der Waals surface area contributed by atoms with Crippen LogP contribution >= 0.6 is 0 Å². The highest BCUT2D eigenvalue weighted by atomic mass is 16.7. The summed E-state index contributed by atoms with van der Waals surface area (Å²) in [5.74, 6) is 0.663. The molecule has 10 atom stereocenters. The van der Waals surface area contributed by atoms with Crippen molar-refractivity contribution >= 4 is 0 Å². The van der Waals surface area contributed by atoms with Crippen LogP contribution in [-0.2, 0) is 9.47 Å². The van der Waals surface area contributed by atoms with Gasteiger partial charge < -0.3 is 24.6 Å². The molecule has 2 bridgehead atoms. The fourth-order valence-corrected chi connectivity index (χ4v) is 7.55. The first-order valence-corrected chi connectivity index (χ1v) is 9.89. The zero-order valence-corrected chi connectivity index (χ0v) is 14.9. The third-order valence-electron chi connectivity index (χ3n) is 8.58. The molecule has 0 aromatic heterocycles. The van der Waals surface area contributed by atoms with Crippen molar-refractivity contribution < 1.29 is 24.6 Å². The number of hydrogen-bond acceptors (Lipinski definition) is 4. The Labute approximate surface area is 144 Å². The molecule has 2 N–H and O–H groups in total. The van der Waals surface area contributed by atoms with Crippen molar-refractivity contribution in [3.8, 4) is 0 Å². The van der Waals surface area contributed by atoms with Crippen LogP contribution in [0, 0.1) is 23.2 Å². The largest absolute Gasteiger partial charge is 0.850 e. The van der Waals surface area contributed by atoms with E-state index < -0.39 is 18.0 Å². The Morgan fingerprint density at radius 1 is 1.25 bits per heavy atom. The minimum atomic E-state index is -0.935. The molecule has 0 radical (unpaired) electrons.